The fourth-order valence-corrected chi connectivity index (χ4v) is 2.61. The first-order chi connectivity index (χ1) is 8.18. The number of fused-ring (bicyclic) bond motifs is 2. The van der Waals surface area contributed by atoms with Gasteiger partial charge in [0.05, 0.1) is 18.7 Å². The average Bonchev–Trinajstić information content (AvgIpc) is 2.35. The van der Waals surface area contributed by atoms with Crippen LogP contribution in [0, 0.1) is 6.92 Å². The molecular formula is C13H12BrNO2. The van der Waals surface area contributed by atoms with E-state index in [0.29, 0.717) is 13.2 Å². The zero-order chi connectivity index (χ0) is 12.0. The van der Waals surface area contributed by atoms with E-state index in [9.17, 15) is 4.79 Å². The number of aryl methyl sites for hydroxylation is 1. The zero-order valence-electron chi connectivity index (χ0n) is 9.47. The van der Waals surface area contributed by atoms with Gasteiger partial charge in [-0.3, -0.25) is 4.79 Å². The third-order valence-corrected chi connectivity index (χ3v) is 4.16. The molecule has 0 atom stereocenters. The van der Waals surface area contributed by atoms with Gasteiger partial charge in [-0.1, -0.05) is 15.9 Å². The molecule has 4 heteroatoms. The quantitative estimate of drug-likeness (QED) is 0.811. The summed E-state index contributed by atoms with van der Waals surface area (Å²) in [5.41, 5.74) is 3.92. The standard InChI is InChI=1S/C13H12BrNO2/c1-7-10(14)3-2-8-12(7)15-11-4-5-17-6-9(11)13(8)16/h2-3H,4-6H2,1H3,(H,15,16). The second-order valence-corrected chi connectivity index (χ2v) is 5.16. The van der Waals surface area contributed by atoms with Gasteiger partial charge < -0.3 is 9.72 Å². The predicted octanol–water partition coefficient (Wildman–Crippen LogP) is 2.67. The van der Waals surface area contributed by atoms with Crippen molar-refractivity contribution in [3.8, 4) is 0 Å². The summed E-state index contributed by atoms with van der Waals surface area (Å²) in [6.07, 6.45) is 0.784. The number of H-pyrrole nitrogens is 1. The first kappa shape index (κ1) is 11.0. The molecule has 1 N–H and O–H groups in total. The molecule has 3 nitrogen and oxygen atoms in total. The lowest BCUT2D eigenvalue weighted by molar-refractivity contribution is 0.109. The van der Waals surface area contributed by atoms with Gasteiger partial charge in [0, 0.05) is 27.5 Å². The highest BCUT2D eigenvalue weighted by atomic mass is 79.9. The van der Waals surface area contributed by atoms with Crippen LogP contribution in [0.5, 0.6) is 0 Å². The summed E-state index contributed by atoms with van der Waals surface area (Å²) in [5, 5.41) is 0.745. The molecule has 0 saturated carbocycles. The van der Waals surface area contributed by atoms with E-state index in [4.69, 9.17) is 4.74 Å². The van der Waals surface area contributed by atoms with Crippen molar-refractivity contribution in [2.45, 2.75) is 20.0 Å². The largest absolute Gasteiger partial charge is 0.376 e. The topological polar surface area (TPSA) is 42.1 Å². The highest BCUT2D eigenvalue weighted by Gasteiger charge is 2.17. The van der Waals surface area contributed by atoms with Crippen molar-refractivity contribution in [3.05, 3.63) is 43.6 Å². The van der Waals surface area contributed by atoms with E-state index < -0.39 is 0 Å². The van der Waals surface area contributed by atoms with Crippen LogP contribution in [0.2, 0.25) is 0 Å². The molecule has 0 radical (unpaired) electrons. The molecule has 2 heterocycles. The van der Waals surface area contributed by atoms with Crippen molar-refractivity contribution in [3.63, 3.8) is 0 Å². The molecule has 1 aromatic heterocycles. The Kier molecular flexibility index (Phi) is 2.56. The van der Waals surface area contributed by atoms with Crippen LogP contribution < -0.4 is 5.43 Å². The maximum Gasteiger partial charge on any atom is 0.195 e. The van der Waals surface area contributed by atoms with Gasteiger partial charge in [0.1, 0.15) is 0 Å². The summed E-state index contributed by atoms with van der Waals surface area (Å²) in [4.78, 5) is 15.7. The lowest BCUT2D eigenvalue weighted by atomic mass is 10.0. The second kappa shape index (κ2) is 3.96. The lowest BCUT2D eigenvalue weighted by Crippen LogP contribution is -2.22. The molecule has 1 aromatic carbocycles. The fraction of sp³-hybridized carbons (Fsp3) is 0.308. The number of nitrogens with one attached hydrogen (secondary N) is 1. The van der Waals surface area contributed by atoms with Crippen LogP contribution in [0.4, 0.5) is 0 Å². The number of hydrogen-bond donors (Lipinski definition) is 1. The predicted molar refractivity (Wildman–Crippen MR) is 70.4 cm³/mol. The van der Waals surface area contributed by atoms with Gasteiger partial charge in [-0.05, 0) is 24.6 Å². The molecule has 1 aliphatic rings. The first-order valence-corrected chi connectivity index (χ1v) is 6.38. The maximum atomic E-state index is 12.3. The Hall–Kier alpha value is -1.13. The van der Waals surface area contributed by atoms with Crippen LogP contribution in [0.15, 0.2) is 21.4 Å². The smallest absolute Gasteiger partial charge is 0.195 e. The SMILES string of the molecule is Cc1c(Br)ccc2c(=O)c3c([nH]c12)CCOC3. The van der Waals surface area contributed by atoms with Crippen molar-refractivity contribution in [1.29, 1.82) is 0 Å². The van der Waals surface area contributed by atoms with Crippen LogP contribution >= 0.6 is 15.9 Å². The third kappa shape index (κ3) is 1.63. The summed E-state index contributed by atoms with van der Waals surface area (Å²) >= 11 is 3.49. The van der Waals surface area contributed by atoms with E-state index in [-0.39, 0.29) is 5.43 Å². The molecule has 0 bridgehead atoms. The molecule has 3 rings (SSSR count). The summed E-state index contributed by atoms with van der Waals surface area (Å²) in [5.74, 6) is 0. The Balaban J connectivity index is 2.44. The summed E-state index contributed by atoms with van der Waals surface area (Å²) in [6.45, 7) is 3.12. The van der Waals surface area contributed by atoms with Crippen LogP contribution in [0.1, 0.15) is 16.8 Å². The molecule has 0 spiro atoms. The number of rotatable bonds is 0. The number of benzene rings is 1. The highest BCUT2D eigenvalue weighted by Crippen LogP contribution is 2.24. The Morgan fingerprint density at radius 3 is 3.06 bits per heavy atom. The van der Waals surface area contributed by atoms with E-state index in [0.717, 1.165) is 38.6 Å². The minimum Gasteiger partial charge on any atom is -0.376 e. The van der Waals surface area contributed by atoms with Crippen LogP contribution in [0.25, 0.3) is 10.9 Å². The highest BCUT2D eigenvalue weighted by molar-refractivity contribution is 9.10. The Labute approximate surface area is 107 Å². The Morgan fingerprint density at radius 1 is 1.41 bits per heavy atom. The van der Waals surface area contributed by atoms with E-state index in [1.807, 2.05) is 19.1 Å². The summed E-state index contributed by atoms with van der Waals surface area (Å²) in [6, 6.07) is 3.78. The third-order valence-electron chi connectivity index (χ3n) is 3.30. The second-order valence-electron chi connectivity index (χ2n) is 4.31. The average molecular weight is 294 g/mol. The van der Waals surface area contributed by atoms with E-state index in [2.05, 4.69) is 20.9 Å². The molecule has 17 heavy (non-hydrogen) atoms. The van der Waals surface area contributed by atoms with Gasteiger partial charge in [0.2, 0.25) is 0 Å². The zero-order valence-corrected chi connectivity index (χ0v) is 11.1. The molecule has 88 valence electrons. The molecule has 0 fully saturated rings. The van der Waals surface area contributed by atoms with Gasteiger partial charge in [-0.25, -0.2) is 0 Å². The van der Waals surface area contributed by atoms with E-state index in [1.165, 1.54) is 0 Å². The van der Waals surface area contributed by atoms with Gasteiger partial charge in [-0.2, -0.15) is 0 Å². The van der Waals surface area contributed by atoms with Crippen LogP contribution in [0.3, 0.4) is 0 Å². The van der Waals surface area contributed by atoms with Crippen molar-refractivity contribution >= 4 is 26.8 Å². The van der Waals surface area contributed by atoms with Gasteiger partial charge >= 0.3 is 0 Å². The summed E-state index contributed by atoms with van der Waals surface area (Å²) in [7, 11) is 0. The fourth-order valence-electron chi connectivity index (χ4n) is 2.28. The first-order valence-electron chi connectivity index (χ1n) is 5.59. The number of aromatic nitrogens is 1. The van der Waals surface area contributed by atoms with Crippen molar-refractivity contribution in [2.24, 2.45) is 0 Å². The normalized spacial score (nSPS) is 14.9. The minimum absolute atomic E-state index is 0.101. The van der Waals surface area contributed by atoms with Crippen molar-refractivity contribution < 1.29 is 4.74 Å². The number of hydrogen-bond acceptors (Lipinski definition) is 2. The van der Waals surface area contributed by atoms with Crippen molar-refractivity contribution in [2.75, 3.05) is 6.61 Å². The molecule has 0 amide bonds. The summed E-state index contributed by atoms with van der Waals surface area (Å²) < 4.78 is 6.37. The molecule has 0 aliphatic carbocycles. The monoisotopic (exact) mass is 293 g/mol. The van der Waals surface area contributed by atoms with E-state index in [1.54, 1.807) is 0 Å². The van der Waals surface area contributed by atoms with Crippen molar-refractivity contribution in [1.82, 2.24) is 4.98 Å². The van der Waals surface area contributed by atoms with Gasteiger partial charge in [-0.15, -0.1) is 0 Å². The minimum atomic E-state index is 0.101. The number of aromatic amines is 1. The molecule has 0 unspecified atom stereocenters. The maximum absolute atomic E-state index is 12.3. The Morgan fingerprint density at radius 2 is 2.24 bits per heavy atom. The van der Waals surface area contributed by atoms with Crippen LogP contribution in [-0.2, 0) is 17.8 Å². The molecule has 0 saturated heterocycles. The lowest BCUT2D eigenvalue weighted by Gasteiger charge is -2.17. The molecular weight excluding hydrogens is 282 g/mol. The molecule has 1 aliphatic heterocycles. The molecule has 2 aromatic rings. The number of halogens is 1. The number of pyridine rings is 1. The Bertz CT molecular complexity index is 660. The van der Waals surface area contributed by atoms with Gasteiger partial charge in [0.15, 0.2) is 5.43 Å². The number of ether oxygens (including phenoxy) is 1. The van der Waals surface area contributed by atoms with Crippen LogP contribution in [-0.4, -0.2) is 11.6 Å². The van der Waals surface area contributed by atoms with E-state index >= 15 is 0 Å². The van der Waals surface area contributed by atoms with Gasteiger partial charge in [0.25, 0.3) is 0 Å².